The number of hydrogen-bond acceptors (Lipinski definition) is 6. The Balaban J connectivity index is 1.41. The van der Waals surface area contributed by atoms with Gasteiger partial charge in [-0.1, -0.05) is 11.6 Å². The molecule has 1 unspecified atom stereocenters. The molecule has 2 aromatic heterocycles. The van der Waals surface area contributed by atoms with Gasteiger partial charge in [-0.15, -0.1) is 0 Å². The molecule has 142 valence electrons. The van der Waals surface area contributed by atoms with Gasteiger partial charge >= 0.3 is 0 Å². The molecule has 2 fully saturated rings. The van der Waals surface area contributed by atoms with Crippen LogP contribution in [0.15, 0.2) is 47.4 Å². The van der Waals surface area contributed by atoms with Gasteiger partial charge in [-0.25, -0.2) is 15.0 Å². The maximum Gasteiger partial charge on any atom is 0.252 e. The minimum Gasteiger partial charge on any atom is -0.365 e. The van der Waals surface area contributed by atoms with Crippen molar-refractivity contribution in [2.45, 2.75) is 25.4 Å². The lowest BCUT2D eigenvalue weighted by atomic mass is 10.2. The maximum atomic E-state index is 12.3. The van der Waals surface area contributed by atoms with Crippen molar-refractivity contribution >= 4 is 23.2 Å². The third-order valence-corrected chi connectivity index (χ3v) is 5.69. The second-order valence-corrected chi connectivity index (χ2v) is 7.70. The number of nitrogens with one attached hydrogen (secondary N) is 1. The van der Waals surface area contributed by atoms with Gasteiger partial charge in [0.25, 0.3) is 5.56 Å². The molecule has 1 N–H and O–H groups in total. The Morgan fingerprint density at radius 3 is 2.50 bits per heavy atom. The lowest BCUT2D eigenvalue weighted by Crippen LogP contribution is -2.47. The highest BCUT2D eigenvalue weighted by Crippen LogP contribution is 2.36. The van der Waals surface area contributed by atoms with E-state index in [2.05, 4.69) is 36.9 Å². The molecule has 0 amide bonds. The van der Waals surface area contributed by atoms with Crippen molar-refractivity contribution in [1.29, 1.82) is 0 Å². The average Bonchev–Trinajstić information content (AvgIpc) is 3.29. The SMILES string of the molecule is Cc1nccc(-c2cc(=O)[nH]c(N3CC4C[C@H]3CN4c3ccc(Cl)cc3)n2)n1. The Bertz CT molecular complexity index is 1080. The van der Waals surface area contributed by atoms with Crippen LogP contribution in [0.3, 0.4) is 0 Å². The number of rotatable bonds is 3. The molecule has 2 aliphatic heterocycles. The Hall–Kier alpha value is -2.93. The number of fused-ring (bicyclic) bond motifs is 2. The van der Waals surface area contributed by atoms with E-state index in [4.69, 9.17) is 16.6 Å². The fraction of sp³-hybridized carbons (Fsp3) is 0.300. The molecule has 8 heteroatoms. The van der Waals surface area contributed by atoms with Gasteiger partial charge in [0.2, 0.25) is 5.95 Å². The lowest BCUT2D eigenvalue weighted by Gasteiger charge is -2.36. The van der Waals surface area contributed by atoms with E-state index < -0.39 is 0 Å². The fourth-order valence-electron chi connectivity index (χ4n) is 4.19. The Kier molecular flexibility index (Phi) is 4.05. The number of aromatic amines is 1. The molecule has 2 aliphatic rings. The van der Waals surface area contributed by atoms with E-state index in [1.807, 2.05) is 19.1 Å². The van der Waals surface area contributed by atoms with Gasteiger partial charge in [-0.2, -0.15) is 0 Å². The van der Waals surface area contributed by atoms with Gasteiger partial charge in [0, 0.05) is 42.1 Å². The molecule has 0 radical (unpaired) electrons. The van der Waals surface area contributed by atoms with E-state index in [9.17, 15) is 4.79 Å². The van der Waals surface area contributed by atoms with Crippen LogP contribution in [0.2, 0.25) is 5.02 Å². The normalized spacial score (nSPS) is 20.8. The summed E-state index contributed by atoms with van der Waals surface area (Å²) in [4.78, 5) is 33.0. The van der Waals surface area contributed by atoms with Gasteiger partial charge < -0.3 is 9.80 Å². The summed E-state index contributed by atoms with van der Waals surface area (Å²) < 4.78 is 0. The summed E-state index contributed by atoms with van der Waals surface area (Å²) >= 11 is 6.01. The molecular weight excluding hydrogens is 376 g/mol. The third-order valence-electron chi connectivity index (χ3n) is 5.44. The second-order valence-electron chi connectivity index (χ2n) is 7.27. The van der Waals surface area contributed by atoms with Crippen molar-refractivity contribution < 1.29 is 0 Å². The predicted molar refractivity (Wildman–Crippen MR) is 109 cm³/mol. The zero-order chi connectivity index (χ0) is 19.3. The van der Waals surface area contributed by atoms with Crippen molar-refractivity contribution in [3.63, 3.8) is 0 Å². The van der Waals surface area contributed by atoms with E-state index in [-0.39, 0.29) is 5.56 Å². The van der Waals surface area contributed by atoms with Crippen LogP contribution < -0.4 is 15.4 Å². The highest BCUT2D eigenvalue weighted by molar-refractivity contribution is 6.30. The third kappa shape index (κ3) is 3.01. The molecule has 0 saturated carbocycles. The molecule has 1 aromatic carbocycles. The lowest BCUT2D eigenvalue weighted by molar-refractivity contribution is 0.633. The number of benzene rings is 1. The van der Waals surface area contributed by atoms with E-state index in [1.54, 1.807) is 12.3 Å². The maximum absolute atomic E-state index is 12.3. The topological polar surface area (TPSA) is 78.0 Å². The van der Waals surface area contributed by atoms with Crippen LogP contribution in [0.4, 0.5) is 11.6 Å². The smallest absolute Gasteiger partial charge is 0.252 e. The van der Waals surface area contributed by atoms with Gasteiger partial charge in [0.15, 0.2) is 0 Å². The van der Waals surface area contributed by atoms with E-state index in [1.165, 1.54) is 11.8 Å². The molecule has 3 aromatic rings. The number of hydrogen-bond donors (Lipinski definition) is 1. The Labute approximate surface area is 167 Å². The summed E-state index contributed by atoms with van der Waals surface area (Å²) in [6.45, 7) is 3.54. The summed E-state index contributed by atoms with van der Waals surface area (Å²) in [5.74, 6) is 1.27. The van der Waals surface area contributed by atoms with Crippen molar-refractivity contribution in [3.8, 4) is 11.4 Å². The summed E-state index contributed by atoms with van der Waals surface area (Å²) in [5.41, 5.74) is 2.24. The van der Waals surface area contributed by atoms with E-state index in [0.29, 0.717) is 35.2 Å². The largest absolute Gasteiger partial charge is 0.365 e. The van der Waals surface area contributed by atoms with E-state index >= 15 is 0 Å². The number of aryl methyl sites for hydroxylation is 1. The molecule has 2 bridgehead atoms. The molecule has 7 nitrogen and oxygen atoms in total. The molecule has 2 saturated heterocycles. The minimum absolute atomic E-state index is 0.173. The number of piperazine rings is 1. The molecule has 2 atom stereocenters. The first-order valence-corrected chi connectivity index (χ1v) is 9.65. The van der Waals surface area contributed by atoms with Crippen molar-refractivity contribution in [2.75, 3.05) is 22.9 Å². The molecular formula is C20H19ClN6O. The average molecular weight is 395 g/mol. The first-order valence-electron chi connectivity index (χ1n) is 9.27. The van der Waals surface area contributed by atoms with Crippen LogP contribution in [-0.2, 0) is 0 Å². The first-order chi connectivity index (χ1) is 13.6. The van der Waals surface area contributed by atoms with Crippen molar-refractivity contribution in [2.24, 2.45) is 0 Å². The Morgan fingerprint density at radius 2 is 1.79 bits per heavy atom. The number of anilines is 2. The molecule has 5 rings (SSSR count). The summed E-state index contributed by atoms with van der Waals surface area (Å²) in [6.07, 6.45) is 2.73. The molecule has 4 heterocycles. The monoisotopic (exact) mass is 394 g/mol. The number of aromatic nitrogens is 4. The van der Waals surface area contributed by atoms with Gasteiger partial charge in [-0.3, -0.25) is 9.78 Å². The summed E-state index contributed by atoms with van der Waals surface area (Å²) in [6, 6.07) is 11.9. The molecule has 0 spiro atoms. The number of H-pyrrole nitrogens is 1. The van der Waals surface area contributed by atoms with Crippen molar-refractivity contribution in [1.82, 2.24) is 19.9 Å². The predicted octanol–water partition coefficient (Wildman–Crippen LogP) is 2.66. The van der Waals surface area contributed by atoms with Crippen LogP contribution in [0.5, 0.6) is 0 Å². The van der Waals surface area contributed by atoms with Crippen LogP contribution in [0, 0.1) is 6.92 Å². The molecule has 28 heavy (non-hydrogen) atoms. The fourth-order valence-corrected chi connectivity index (χ4v) is 4.31. The zero-order valence-corrected chi connectivity index (χ0v) is 16.1. The number of halogens is 1. The quantitative estimate of drug-likeness (QED) is 0.735. The highest BCUT2D eigenvalue weighted by Gasteiger charge is 2.44. The van der Waals surface area contributed by atoms with Crippen LogP contribution in [0.1, 0.15) is 12.2 Å². The second kappa shape index (κ2) is 6.60. The first kappa shape index (κ1) is 17.2. The minimum atomic E-state index is -0.173. The van der Waals surface area contributed by atoms with Gasteiger partial charge in [-0.05, 0) is 43.7 Å². The van der Waals surface area contributed by atoms with Gasteiger partial charge in [0.1, 0.15) is 5.82 Å². The standard InChI is InChI=1S/C20H19ClN6O/c1-12-22-7-6-17(23-12)18-9-19(28)25-20(24-18)27-11-15-8-16(27)10-26(15)14-4-2-13(21)3-5-14/h2-7,9,15-16H,8,10-11H2,1H3,(H,24,25,28)/t15?,16-/m0/s1. The zero-order valence-electron chi connectivity index (χ0n) is 15.3. The van der Waals surface area contributed by atoms with Gasteiger partial charge in [0.05, 0.1) is 17.4 Å². The molecule has 0 aliphatic carbocycles. The highest BCUT2D eigenvalue weighted by atomic mass is 35.5. The van der Waals surface area contributed by atoms with Crippen LogP contribution >= 0.6 is 11.6 Å². The Morgan fingerprint density at radius 1 is 1.04 bits per heavy atom. The summed E-state index contributed by atoms with van der Waals surface area (Å²) in [5, 5.41) is 0.744. The summed E-state index contributed by atoms with van der Waals surface area (Å²) in [7, 11) is 0. The van der Waals surface area contributed by atoms with E-state index in [0.717, 1.165) is 24.5 Å². The van der Waals surface area contributed by atoms with Crippen molar-refractivity contribution in [3.05, 3.63) is 63.8 Å². The van der Waals surface area contributed by atoms with Crippen LogP contribution in [-0.4, -0.2) is 45.1 Å². The van der Waals surface area contributed by atoms with Crippen LogP contribution in [0.25, 0.3) is 11.4 Å². The number of nitrogens with zero attached hydrogens (tertiary/aromatic N) is 5.